The average Bonchev–Trinajstić information content (AvgIpc) is 3.13. The van der Waals surface area contributed by atoms with E-state index < -0.39 is 0 Å². The first-order chi connectivity index (χ1) is 12.6. The molecule has 0 saturated heterocycles. The first kappa shape index (κ1) is 17.4. The molecular weight excluding hydrogens is 372 g/mol. The summed E-state index contributed by atoms with van der Waals surface area (Å²) in [5.74, 6) is 0.894. The standard InChI is InChI=1S/C19H17ClN2O3S/c20-12-7-8-14-15(10-12)21-19(26-17-6-2-1-5-16(17)23)22(18(14)24)11-13-4-3-9-25-13/h3-4,7-10,17H,1-2,5-6,11H2. The van der Waals surface area contributed by atoms with Crippen molar-refractivity contribution < 1.29 is 9.21 Å². The van der Waals surface area contributed by atoms with E-state index in [4.69, 9.17) is 16.0 Å². The van der Waals surface area contributed by atoms with Crippen molar-refractivity contribution in [1.29, 1.82) is 0 Å². The Morgan fingerprint density at radius 2 is 2.15 bits per heavy atom. The molecule has 1 fully saturated rings. The summed E-state index contributed by atoms with van der Waals surface area (Å²) >= 11 is 7.44. The molecule has 5 nitrogen and oxygen atoms in total. The number of Topliss-reactive ketones (excluding diaryl/α,β-unsaturated/α-hetero) is 1. The van der Waals surface area contributed by atoms with Crippen LogP contribution in [0.5, 0.6) is 0 Å². The van der Waals surface area contributed by atoms with Gasteiger partial charge in [0.25, 0.3) is 5.56 Å². The number of benzene rings is 1. The molecule has 0 amide bonds. The van der Waals surface area contributed by atoms with E-state index in [1.165, 1.54) is 11.8 Å². The van der Waals surface area contributed by atoms with Gasteiger partial charge in [0, 0.05) is 11.4 Å². The first-order valence-corrected chi connectivity index (χ1v) is 9.79. The van der Waals surface area contributed by atoms with Gasteiger partial charge >= 0.3 is 0 Å². The van der Waals surface area contributed by atoms with Crippen molar-refractivity contribution in [2.24, 2.45) is 0 Å². The van der Waals surface area contributed by atoms with Crippen molar-refractivity contribution in [2.45, 2.75) is 42.6 Å². The maximum absolute atomic E-state index is 13.0. The van der Waals surface area contributed by atoms with Crippen LogP contribution in [0.3, 0.4) is 0 Å². The van der Waals surface area contributed by atoms with Gasteiger partial charge in [-0.15, -0.1) is 0 Å². The number of hydrogen-bond acceptors (Lipinski definition) is 5. The van der Waals surface area contributed by atoms with Crippen molar-refractivity contribution >= 4 is 40.0 Å². The number of carbonyl (C=O) groups is 1. The third kappa shape index (κ3) is 3.44. The molecule has 4 rings (SSSR count). The smallest absolute Gasteiger partial charge is 0.262 e. The summed E-state index contributed by atoms with van der Waals surface area (Å²) in [6.45, 7) is 0.278. The molecule has 2 aromatic heterocycles. The van der Waals surface area contributed by atoms with Crippen LogP contribution in [0.4, 0.5) is 0 Å². The molecule has 26 heavy (non-hydrogen) atoms. The van der Waals surface area contributed by atoms with Crippen molar-refractivity contribution in [1.82, 2.24) is 9.55 Å². The number of aromatic nitrogens is 2. The van der Waals surface area contributed by atoms with E-state index >= 15 is 0 Å². The molecule has 1 saturated carbocycles. The highest BCUT2D eigenvalue weighted by Gasteiger charge is 2.26. The molecule has 1 unspecified atom stereocenters. The van der Waals surface area contributed by atoms with Gasteiger partial charge < -0.3 is 4.42 Å². The van der Waals surface area contributed by atoms with Gasteiger partial charge in [-0.3, -0.25) is 14.2 Å². The number of carbonyl (C=O) groups excluding carboxylic acids is 1. The molecule has 1 atom stereocenters. The number of furan rings is 1. The van der Waals surface area contributed by atoms with Gasteiger partial charge in [0.1, 0.15) is 11.5 Å². The van der Waals surface area contributed by atoms with Crippen molar-refractivity contribution in [3.8, 4) is 0 Å². The lowest BCUT2D eigenvalue weighted by Gasteiger charge is -2.21. The SMILES string of the molecule is O=C1CCCCC1Sc1nc2cc(Cl)ccc2c(=O)n1Cc1ccco1. The summed E-state index contributed by atoms with van der Waals surface area (Å²) in [5.41, 5.74) is 0.387. The van der Waals surface area contributed by atoms with Gasteiger partial charge in [-0.1, -0.05) is 29.8 Å². The monoisotopic (exact) mass is 388 g/mol. The summed E-state index contributed by atoms with van der Waals surface area (Å²) in [4.78, 5) is 30.0. The van der Waals surface area contributed by atoms with Crippen LogP contribution in [0.2, 0.25) is 5.02 Å². The highest BCUT2D eigenvalue weighted by atomic mass is 35.5. The molecule has 0 radical (unpaired) electrons. The number of hydrogen-bond donors (Lipinski definition) is 0. The highest BCUT2D eigenvalue weighted by molar-refractivity contribution is 8.00. The second kappa shape index (κ2) is 7.29. The minimum absolute atomic E-state index is 0.157. The largest absolute Gasteiger partial charge is 0.467 e. The fourth-order valence-electron chi connectivity index (χ4n) is 3.16. The number of fused-ring (bicyclic) bond motifs is 1. The Balaban J connectivity index is 1.81. The first-order valence-electron chi connectivity index (χ1n) is 8.53. The topological polar surface area (TPSA) is 65.1 Å². The van der Waals surface area contributed by atoms with E-state index in [-0.39, 0.29) is 23.1 Å². The van der Waals surface area contributed by atoms with Gasteiger partial charge in [0.05, 0.1) is 29.0 Å². The average molecular weight is 389 g/mol. The lowest BCUT2D eigenvalue weighted by molar-refractivity contribution is -0.119. The van der Waals surface area contributed by atoms with Gasteiger partial charge in [-0.05, 0) is 43.2 Å². The van der Waals surface area contributed by atoms with Crippen LogP contribution >= 0.6 is 23.4 Å². The number of ketones is 1. The predicted molar refractivity (Wildman–Crippen MR) is 102 cm³/mol. The maximum Gasteiger partial charge on any atom is 0.262 e. The second-order valence-electron chi connectivity index (χ2n) is 6.35. The van der Waals surface area contributed by atoms with Crippen molar-refractivity contribution in [3.05, 3.63) is 57.7 Å². The molecule has 0 aliphatic heterocycles. The Morgan fingerprint density at radius 1 is 1.27 bits per heavy atom. The Morgan fingerprint density at radius 3 is 2.92 bits per heavy atom. The van der Waals surface area contributed by atoms with Crippen LogP contribution in [0.1, 0.15) is 31.4 Å². The van der Waals surface area contributed by atoms with E-state index in [9.17, 15) is 9.59 Å². The zero-order chi connectivity index (χ0) is 18.1. The zero-order valence-electron chi connectivity index (χ0n) is 14.0. The Bertz CT molecular complexity index is 1010. The molecule has 3 aromatic rings. The van der Waals surface area contributed by atoms with Crippen LogP contribution in [-0.4, -0.2) is 20.6 Å². The van der Waals surface area contributed by atoms with Gasteiger partial charge in [-0.2, -0.15) is 0 Å². The summed E-state index contributed by atoms with van der Waals surface area (Å²) in [6, 6.07) is 8.65. The zero-order valence-corrected chi connectivity index (χ0v) is 15.6. The lowest BCUT2D eigenvalue weighted by Crippen LogP contribution is -2.27. The maximum atomic E-state index is 13.0. The number of halogens is 1. The molecule has 7 heteroatoms. The molecule has 1 aliphatic carbocycles. The highest BCUT2D eigenvalue weighted by Crippen LogP contribution is 2.31. The van der Waals surface area contributed by atoms with Crippen LogP contribution in [0, 0.1) is 0 Å². The van der Waals surface area contributed by atoms with E-state index in [0.717, 1.165) is 19.3 Å². The number of thioether (sulfide) groups is 1. The van der Waals surface area contributed by atoms with Crippen molar-refractivity contribution in [3.63, 3.8) is 0 Å². The molecular formula is C19H17ClN2O3S. The Hall–Kier alpha value is -2.05. The molecule has 1 aliphatic rings. The van der Waals surface area contributed by atoms with Crippen LogP contribution in [0.15, 0.2) is 51.0 Å². The van der Waals surface area contributed by atoms with Crippen molar-refractivity contribution in [2.75, 3.05) is 0 Å². The normalized spacial score (nSPS) is 17.7. The predicted octanol–water partition coefficient (Wildman–Crippen LogP) is 4.30. The third-order valence-corrected chi connectivity index (χ3v) is 6.06. The van der Waals surface area contributed by atoms with Gasteiger partial charge in [0.2, 0.25) is 0 Å². The van der Waals surface area contributed by atoms with Gasteiger partial charge in [0.15, 0.2) is 5.16 Å². The Labute approximate surface area is 159 Å². The lowest BCUT2D eigenvalue weighted by atomic mass is 9.99. The van der Waals surface area contributed by atoms with Crippen LogP contribution in [-0.2, 0) is 11.3 Å². The molecule has 134 valence electrons. The molecule has 2 heterocycles. The van der Waals surface area contributed by atoms with E-state index in [2.05, 4.69) is 4.98 Å². The summed E-state index contributed by atoms with van der Waals surface area (Å²) in [6.07, 6.45) is 4.94. The quantitative estimate of drug-likeness (QED) is 0.623. The third-order valence-electron chi connectivity index (χ3n) is 4.52. The summed E-state index contributed by atoms with van der Waals surface area (Å²) in [5, 5.41) is 1.40. The number of nitrogens with zero attached hydrogens (tertiary/aromatic N) is 2. The minimum atomic E-state index is -0.158. The van der Waals surface area contributed by atoms with E-state index in [0.29, 0.717) is 33.3 Å². The Kier molecular flexibility index (Phi) is 4.87. The fraction of sp³-hybridized carbons (Fsp3) is 0.316. The van der Waals surface area contributed by atoms with Gasteiger partial charge in [-0.25, -0.2) is 4.98 Å². The summed E-state index contributed by atoms with van der Waals surface area (Å²) in [7, 11) is 0. The number of rotatable bonds is 4. The molecule has 0 spiro atoms. The van der Waals surface area contributed by atoms with Crippen LogP contribution in [0.25, 0.3) is 10.9 Å². The second-order valence-corrected chi connectivity index (χ2v) is 7.95. The van der Waals surface area contributed by atoms with E-state index in [1.807, 2.05) is 6.07 Å². The molecule has 1 aromatic carbocycles. The minimum Gasteiger partial charge on any atom is -0.467 e. The van der Waals surface area contributed by atoms with Crippen LogP contribution < -0.4 is 5.56 Å². The van der Waals surface area contributed by atoms with E-state index in [1.54, 1.807) is 35.1 Å². The molecule has 0 N–H and O–H groups in total. The fourth-order valence-corrected chi connectivity index (χ4v) is 4.54. The summed E-state index contributed by atoms with van der Waals surface area (Å²) < 4.78 is 6.99. The molecule has 0 bridgehead atoms.